The molecule has 0 spiro atoms. The average Bonchev–Trinajstić information content (AvgIpc) is 3.10. The molecule has 1 N–H and O–H groups in total. The molecule has 0 radical (unpaired) electrons. The summed E-state index contributed by atoms with van der Waals surface area (Å²) in [6.07, 6.45) is 3.66. The molecule has 1 aromatic carbocycles. The van der Waals surface area contributed by atoms with Crippen LogP contribution >= 0.6 is 0 Å². The van der Waals surface area contributed by atoms with Crippen LogP contribution in [0.2, 0.25) is 0 Å². The molecule has 0 aliphatic carbocycles. The van der Waals surface area contributed by atoms with Crippen molar-refractivity contribution in [1.29, 1.82) is 0 Å². The number of carboxylic acid groups (broad SMARTS) is 1. The summed E-state index contributed by atoms with van der Waals surface area (Å²) < 4.78 is 2.29. The Morgan fingerprint density at radius 2 is 1.88 bits per heavy atom. The van der Waals surface area contributed by atoms with Gasteiger partial charge < -0.3 is 14.6 Å². The van der Waals surface area contributed by atoms with E-state index in [1.54, 1.807) is 0 Å². The molecule has 1 aliphatic heterocycles. The highest BCUT2D eigenvalue weighted by atomic mass is 16.4. The van der Waals surface area contributed by atoms with Crippen LogP contribution in [0, 0.1) is 13.8 Å². The molecule has 4 nitrogen and oxygen atoms in total. The summed E-state index contributed by atoms with van der Waals surface area (Å²) >= 11 is 0. The summed E-state index contributed by atoms with van der Waals surface area (Å²) in [5.74, 6) is -0.845. The van der Waals surface area contributed by atoms with Gasteiger partial charge in [-0.05, 0) is 83.3 Å². The molecule has 1 fully saturated rings. The third-order valence-electron chi connectivity index (χ3n) is 5.35. The number of carboxylic acids is 1. The monoisotopic (exact) mass is 328 g/mol. The molecule has 24 heavy (non-hydrogen) atoms. The molecular formula is C20H28N2O2. The number of nitrogens with zero attached hydrogens (tertiary/aromatic N) is 2. The summed E-state index contributed by atoms with van der Waals surface area (Å²) in [7, 11) is 0. The summed E-state index contributed by atoms with van der Waals surface area (Å²) in [4.78, 5) is 14.1. The van der Waals surface area contributed by atoms with Crippen LogP contribution in [-0.2, 0) is 6.42 Å². The van der Waals surface area contributed by atoms with Crippen molar-refractivity contribution in [2.24, 2.45) is 0 Å². The number of aromatic carboxylic acids is 1. The smallest absolute Gasteiger partial charge is 0.336 e. The van der Waals surface area contributed by atoms with Gasteiger partial charge in [0.25, 0.3) is 0 Å². The summed E-state index contributed by atoms with van der Waals surface area (Å²) in [5, 5.41) is 10.7. The van der Waals surface area contributed by atoms with E-state index in [9.17, 15) is 9.90 Å². The number of aryl methyl sites for hydroxylation is 1. The number of benzene rings is 1. The van der Waals surface area contributed by atoms with Crippen LogP contribution in [0.25, 0.3) is 10.9 Å². The molecule has 1 aromatic heterocycles. The van der Waals surface area contributed by atoms with Crippen molar-refractivity contribution in [2.75, 3.05) is 19.6 Å². The Labute approximate surface area is 144 Å². The van der Waals surface area contributed by atoms with Gasteiger partial charge in [-0.25, -0.2) is 4.79 Å². The largest absolute Gasteiger partial charge is 0.478 e. The summed E-state index contributed by atoms with van der Waals surface area (Å²) in [5.41, 5.74) is 4.97. The molecule has 3 rings (SSSR count). The first-order valence-corrected chi connectivity index (χ1v) is 8.99. The second kappa shape index (κ2) is 6.60. The number of hydrogen-bond donors (Lipinski definition) is 1. The maximum absolute atomic E-state index is 11.5. The Morgan fingerprint density at radius 1 is 1.21 bits per heavy atom. The van der Waals surface area contributed by atoms with Gasteiger partial charge in [-0.1, -0.05) is 0 Å². The molecule has 2 heterocycles. The lowest BCUT2D eigenvalue weighted by atomic mass is 10.0. The highest BCUT2D eigenvalue weighted by molar-refractivity contribution is 5.97. The van der Waals surface area contributed by atoms with Gasteiger partial charge >= 0.3 is 5.97 Å². The quantitative estimate of drug-likeness (QED) is 0.896. The number of aromatic nitrogens is 1. The predicted octanol–water partition coefficient (Wildman–Crippen LogP) is 4.18. The third-order valence-corrected chi connectivity index (χ3v) is 5.35. The Hall–Kier alpha value is -1.81. The van der Waals surface area contributed by atoms with E-state index >= 15 is 0 Å². The van der Waals surface area contributed by atoms with Crippen molar-refractivity contribution < 1.29 is 9.90 Å². The van der Waals surface area contributed by atoms with Crippen LogP contribution in [0.5, 0.6) is 0 Å². The van der Waals surface area contributed by atoms with Gasteiger partial charge in [0.2, 0.25) is 0 Å². The lowest BCUT2D eigenvalue weighted by molar-refractivity contribution is 0.0696. The molecule has 0 bridgehead atoms. The lowest BCUT2D eigenvalue weighted by Gasteiger charge is -2.15. The molecular weight excluding hydrogens is 300 g/mol. The Kier molecular flexibility index (Phi) is 4.68. The Morgan fingerprint density at radius 3 is 2.46 bits per heavy atom. The fraction of sp³-hybridized carbons (Fsp3) is 0.550. The zero-order chi connectivity index (χ0) is 17.4. The van der Waals surface area contributed by atoms with Crippen molar-refractivity contribution in [3.8, 4) is 0 Å². The first-order valence-electron chi connectivity index (χ1n) is 8.99. The minimum Gasteiger partial charge on any atom is -0.478 e. The number of hydrogen-bond acceptors (Lipinski definition) is 2. The molecule has 0 amide bonds. The molecule has 2 aromatic rings. The maximum atomic E-state index is 11.5. The predicted molar refractivity (Wildman–Crippen MR) is 98.1 cm³/mol. The third kappa shape index (κ3) is 2.95. The van der Waals surface area contributed by atoms with Crippen molar-refractivity contribution in [2.45, 2.75) is 53.0 Å². The van der Waals surface area contributed by atoms with Crippen molar-refractivity contribution in [3.63, 3.8) is 0 Å². The fourth-order valence-electron chi connectivity index (χ4n) is 4.15. The van der Waals surface area contributed by atoms with Crippen LogP contribution in [0.15, 0.2) is 12.1 Å². The molecule has 0 atom stereocenters. The zero-order valence-corrected chi connectivity index (χ0v) is 15.2. The second-order valence-corrected chi connectivity index (χ2v) is 7.32. The van der Waals surface area contributed by atoms with E-state index < -0.39 is 5.97 Å². The first-order chi connectivity index (χ1) is 11.4. The SMILES string of the molecule is Cc1cc2c(CCN3CCCC3)c(C)n(C(C)C)c2cc1C(=O)O. The van der Waals surface area contributed by atoms with Gasteiger partial charge in [-0.2, -0.15) is 0 Å². The number of fused-ring (bicyclic) bond motifs is 1. The summed E-state index contributed by atoms with van der Waals surface area (Å²) in [6.45, 7) is 11.9. The molecule has 1 saturated heterocycles. The van der Waals surface area contributed by atoms with E-state index in [2.05, 4.69) is 36.3 Å². The first kappa shape index (κ1) is 17.0. The average molecular weight is 328 g/mol. The van der Waals surface area contributed by atoms with Crippen LogP contribution < -0.4 is 0 Å². The second-order valence-electron chi connectivity index (χ2n) is 7.32. The minimum atomic E-state index is -0.845. The number of carbonyl (C=O) groups is 1. The Balaban J connectivity index is 2.08. The molecule has 130 valence electrons. The van der Waals surface area contributed by atoms with Crippen molar-refractivity contribution >= 4 is 16.9 Å². The fourth-order valence-corrected chi connectivity index (χ4v) is 4.15. The van der Waals surface area contributed by atoms with E-state index in [0.717, 1.165) is 24.0 Å². The van der Waals surface area contributed by atoms with Gasteiger partial charge in [-0.3, -0.25) is 0 Å². The Bertz CT molecular complexity index is 768. The van der Waals surface area contributed by atoms with Crippen LogP contribution in [0.3, 0.4) is 0 Å². The van der Waals surface area contributed by atoms with E-state index in [4.69, 9.17) is 0 Å². The van der Waals surface area contributed by atoms with Crippen LogP contribution in [0.4, 0.5) is 0 Å². The molecule has 1 aliphatic rings. The van der Waals surface area contributed by atoms with Crippen LogP contribution in [0.1, 0.15) is 59.9 Å². The van der Waals surface area contributed by atoms with Gasteiger partial charge in [0.15, 0.2) is 0 Å². The maximum Gasteiger partial charge on any atom is 0.336 e. The number of likely N-dealkylation sites (tertiary alicyclic amines) is 1. The van der Waals surface area contributed by atoms with Crippen molar-refractivity contribution in [3.05, 3.63) is 34.5 Å². The lowest BCUT2D eigenvalue weighted by Crippen LogP contribution is -2.22. The van der Waals surface area contributed by atoms with E-state index in [0.29, 0.717) is 11.6 Å². The molecule has 0 saturated carbocycles. The van der Waals surface area contributed by atoms with E-state index in [-0.39, 0.29) is 0 Å². The minimum absolute atomic E-state index is 0.317. The van der Waals surface area contributed by atoms with Gasteiger partial charge in [0, 0.05) is 29.2 Å². The van der Waals surface area contributed by atoms with Crippen LogP contribution in [-0.4, -0.2) is 40.2 Å². The highest BCUT2D eigenvalue weighted by Crippen LogP contribution is 2.32. The number of rotatable bonds is 5. The normalized spacial score (nSPS) is 15.7. The topological polar surface area (TPSA) is 45.5 Å². The van der Waals surface area contributed by atoms with Gasteiger partial charge in [0.05, 0.1) is 5.56 Å². The van der Waals surface area contributed by atoms with E-state index in [1.807, 2.05) is 13.0 Å². The molecule has 0 unspecified atom stereocenters. The zero-order valence-electron chi connectivity index (χ0n) is 15.2. The standard InChI is InChI=1S/C20H28N2O2/c1-13(2)22-15(4)16(7-10-21-8-5-6-9-21)18-11-14(3)17(20(23)24)12-19(18)22/h11-13H,5-10H2,1-4H3,(H,23,24). The van der Waals surface area contributed by atoms with E-state index in [1.165, 1.54) is 42.6 Å². The molecule has 4 heteroatoms. The summed E-state index contributed by atoms with van der Waals surface area (Å²) in [6, 6.07) is 4.25. The van der Waals surface area contributed by atoms with Gasteiger partial charge in [0.1, 0.15) is 0 Å². The van der Waals surface area contributed by atoms with Gasteiger partial charge in [-0.15, -0.1) is 0 Å². The highest BCUT2D eigenvalue weighted by Gasteiger charge is 2.20. The van der Waals surface area contributed by atoms with Crippen molar-refractivity contribution in [1.82, 2.24) is 9.47 Å².